The number of carbonyl (C=O) groups is 1. The number of fused-ring (bicyclic) bond motifs is 1. The van der Waals surface area contributed by atoms with E-state index in [-0.39, 0.29) is 26.7 Å². The molecule has 0 radical (unpaired) electrons. The summed E-state index contributed by atoms with van der Waals surface area (Å²) in [6.07, 6.45) is -2.21. The number of ether oxygens (including phenoxy) is 1. The predicted molar refractivity (Wildman–Crippen MR) is 126 cm³/mol. The van der Waals surface area contributed by atoms with Crippen molar-refractivity contribution in [1.29, 1.82) is 0 Å². The normalized spacial score (nSPS) is 12.1. The molecule has 3 aromatic carbocycles. The molecule has 180 valence electrons. The third kappa shape index (κ3) is 5.01. The van der Waals surface area contributed by atoms with Gasteiger partial charge in [-0.3, -0.25) is 4.98 Å². The Kier molecular flexibility index (Phi) is 6.33. The number of rotatable bonds is 4. The third-order valence-electron chi connectivity index (χ3n) is 5.31. The van der Waals surface area contributed by atoms with Crippen LogP contribution < -0.4 is 4.74 Å². The summed E-state index contributed by atoms with van der Waals surface area (Å²) in [7, 11) is -3.58. The largest absolute Gasteiger partial charge is 0.423 e. The summed E-state index contributed by atoms with van der Waals surface area (Å²) in [5, 5.41) is 0.307. The maximum atomic E-state index is 13.5. The van der Waals surface area contributed by atoms with Crippen molar-refractivity contribution < 1.29 is 31.1 Å². The van der Waals surface area contributed by atoms with Crippen LogP contribution in [-0.2, 0) is 16.0 Å². The molecule has 35 heavy (non-hydrogen) atoms. The molecule has 0 aliphatic rings. The van der Waals surface area contributed by atoms with Gasteiger partial charge < -0.3 is 4.74 Å². The summed E-state index contributed by atoms with van der Waals surface area (Å²) < 4.78 is 69.6. The highest BCUT2D eigenvalue weighted by molar-refractivity contribution is 7.90. The maximum absolute atomic E-state index is 13.5. The second-order valence-corrected chi connectivity index (χ2v) is 10.3. The Balaban J connectivity index is 1.76. The van der Waals surface area contributed by atoms with Gasteiger partial charge in [0.1, 0.15) is 5.75 Å². The molecule has 0 bridgehead atoms. The maximum Gasteiger partial charge on any atom is 0.418 e. The van der Waals surface area contributed by atoms with E-state index in [0.717, 1.165) is 18.4 Å². The number of sulfone groups is 1. The summed E-state index contributed by atoms with van der Waals surface area (Å²) in [6.45, 7) is 1.72. The molecule has 0 unspecified atom stereocenters. The van der Waals surface area contributed by atoms with Gasteiger partial charge in [-0.05, 0) is 60.0 Å². The van der Waals surface area contributed by atoms with Crippen LogP contribution in [0.4, 0.5) is 13.2 Å². The Bertz CT molecular complexity index is 1580. The van der Waals surface area contributed by atoms with Crippen LogP contribution in [0.15, 0.2) is 71.8 Å². The Morgan fingerprint density at radius 1 is 1.03 bits per heavy atom. The van der Waals surface area contributed by atoms with E-state index in [0.29, 0.717) is 22.1 Å². The van der Waals surface area contributed by atoms with Crippen LogP contribution in [0, 0.1) is 6.92 Å². The summed E-state index contributed by atoms with van der Waals surface area (Å²) >= 11 is 6.08. The summed E-state index contributed by atoms with van der Waals surface area (Å²) in [6, 6.07) is 13.8. The highest BCUT2D eigenvalue weighted by atomic mass is 35.5. The fourth-order valence-electron chi connectivity index (χ4n) is 3.70. The zero-order chi connectivity index (χ0) is 25.5. The van der Waals surface area contributed by atoms with Crippen molar-refractivity contribution in [3.05, 3.63) is 88.6 Å². The first-order chi connectivity index (χ1) is 16.4. The number of nitrogens with zero attached hydrogens (tertiary/aromatic N) is 1. The summed E-state index contributed by atoms with van der Waals surface area (Å²) in [4.78, 5) is 16.7. The molecule has 0 N–H and O–H groups in total. The van der Waals surface area contributed by atoms with Gasteiger partial charge in [0.2, 0.25) is 0 Å². The Morgan fingerprint density at radius 3 is 2.43 bits per heavy atom. The number of pyridine rings is 1. The summed E-state index contributed by atoms with van der Waals surface area (Å²) in [5.74, 6) is -0.780. The van der Waals surface area contributed by atoms with E-state index in [1.807, 2.05) is 0 Å². The van der Waals surface area contributed by atoms with Crippen LogP contribution >= 0.6 is 11.6 Å². The van der Waals surface area contributed by atoms with Crippen LogP contribution in [0.25, 0.3) is 22.0 Å². The topological polar surface area (TPSA) is 73.3 Å². The van der Waals surface area contributed by atoms with Gasteiger partial charge in [-0.25, -0.2) is 13.2 Å². The Morgan fingerprint density at radius 2 is 1.74 bits per heavy atom. The molecule has 0 amide bonds. The fourth-order valence-corrected chi connectivity index (χ4v) is 4.55. The first-order valence-corrected chi connectivity index (χ1v) is 12.4. The van der Waals surface area contributed by atoms with Crippen LogP contribution in [0.3, 0.4) is 0 Å². The molecule has 0 saturated heterocycles. The minimum Gasteiger partial charge on any atom is -0.423 e. The Hall–Kier alpha value is -3.43. The average Bonchev–Trinajstić information content (AvgIpc) is 2.77. The van der Waals surface area contributed by atoms with Gasteiger partial charge in [0, 0.05) is 17.8 Å². The summed E-state index contributed by atoms with van der Waals surface area (Å²) in [5.41, 5.74) is 0.475. The fraction of sp³-hybridized carbons (Fsp3) is 0.120. The number of halogens is 4. The first-order valence-electron chi connectivity index (χ1n) is 10.1. The molecule has 0 atom stereocenters. The number of para-hydroxylation sites is 1. The molecule has 5 nitrogen and oxygen atoms in total. The molecule has 0 aliphatic heterocycles. The van der Waals surface area contributed by atoms with Crippen molar-refractivity contribution in [1.82, 2.24) is 4.98 Å². The molecule has 0 saturated carbocycles. The monoisotopic (exact) mass is 519 g/mol. The second kappa shape index (κ2) is 8.98. The smallest absolute Gasteiger partial charge is 0.418 e. The lowest BCUT2D eigenvalue weighted by Crippen LogP contribution is -2.10. The number of hydrogen-bond acceptors (Lipinski definition) is 5. The average molecular weight is 520 g/mol. The van der Waals surface area contributed by atoms with E-state index < -0.39 is 27.5 Å². The van der Waals surface area contributed by atoms with Gasteiger partial charge >= 0.3 is 12.1 Å². The zero-order valence-electron chi connectivity index (χ0n) is 18.4. The lowest BCUT2D eigenvalue weighted by Gasteiger charge is -2.15. The SMILES string of the molecule is Cc1cnc2c(C(F)(F)F)cccc2c1-c1cccc(OC(=O)c2cc(S(C)(=O)=O)ccc2Cl)c1. The van der Waals surface area contributed by atoms with Crippen LogP contribution in [0.5, 0.6) is 5.75 Å². The Labute approximate surface area is 204 Å². The van der Waals surface area contributed by atoms with E-state index in [9.17, 15) is 26.4 Å². The highest BCUT2D eigenvalue weighted by Gasteiger charge is 2.33. The lowest BCUT2D eigenvalue weighted by atomic mass is 9.95. The molecular weight excluding hydrogens is 503 g/mol. The van der Waals surface area contributed by atoms with E-state index >= 15 is 0 Å². The van der Waals surface area contributed by atoms with Gasteiger partial charge in [-0.2, -0.15) is 13.2 Å². The van der Waals surface area contributed by atoms with Crippen LogP contribution in [-0.4, -0.2) is 25.6 Å². The van der Waals surface area contributed by atoms with Gasteiger partial charge in [0.25, 0.3) is 0 Å². The quantitative estimate of drug-likeness (QED) is 0.227. The number of alkyl halides is 3. The van der Waals surface area contributed by atoms with E-state index in [2.05, 4.69) is 4.98 Å². The minimum atomic E-state index is -4.57. The number of carbonyl (C=O) groups excluding carboxylic acids is 1. The predicted octanol–water partition coefficient (Wildman–Crippen LogP) is 6.51. The molecule has 0 spiro atoms. The highest BCUT2D eigenvalue weighted by Crippen LogP contribution is 2.39. The standard InChI is InChI=1S/C25H17ClF3NO4S/c1-14-13-30-23-18(7-4-8-20(23)25(27,28)29)22(14)15-5-3-6-16(11-15)34-24(31)19-12-17(35(2,32)33)9-10-21(19)26/h3-13H,1-2H3. The van der Waals surface area contributed by atoms with Crippen LogP contribution in [0.2, 0.25) is 5.02 Å². The van der Waals surface area contributed by atoms with Crippen molar-refractivity contribution in [2.75, 3.05) is 6.26 Å². The van der Waals surface area contributed by atoms with Crippen molar-refractivity contribution in [3.8, 4) is 16.9 Å². The third-order valence-corrected chi connectivity index (χ3v) is 6.75. The van der Waals surface area contributed by atoms with Gasteiger partial charge in [-0.1, -0.05) is 35.9 Å². The molecule has 4 aromatic rings. The van der Waals surface area contributed by atoms with E-state index in [1.165, 1.54) is 36.5 Å². The number of aryl methyl sites for hydroxylation is 1. The second-order valence-electron chi connectivity index (χ2n) is 7.85. The molecule has 1 aromatic heterocycles. The number of aromatic nitrogens is 1. The molecule has 0 aliphatic carbocycles. The van der Waals surface area contributed by atoms with Gasteiger partial charge in [0.15, 0.2) is 9.84 Å². The van der Waals surface area contributed by atoms with Crippen molar-refractivity contribution >= 4 is 38.3 Å². The molecule has 4 rings (SSSR count). The number of benzene rings is 3. The molecule has 10 heteroatoms. The molecular formula is C25H17ClF3NO4S. The first kappa shape index (κ1) is 24.7. The number of hydrogen-bond donors (Lipinski definition) is 0. The van der Waals surface area contributed by atoms with E-state index in [4.69, 9.17) is 16.3 Å². The van der Waals surface area contributed by atoms with Crippen molar-refractivity contribution in [3.63, 3.8) is 0 Å². The van der Waals surface area contributed by atoms with Crippen molar-refractivity contribution in [2.24, 2.45) is 0 Å². The van der Waals surface area contributed by atoms with Crippen molar-refractivity contribution in [2.45, 2.75) is 18.0 Å². The minimum absolute atomic E-state index is 0.00852. The molecule has 1 heterocycles. The lowest BCUT2D eigenvalue weighted by molar-refractivity contribution is -0.136. The van der Waals surface area contributed by atoms with E-state index in [1.54, 1.807) is 25.1 Å². The zero-order valence-corrected chi connectivity index (χ0v) is 19.9. The van der Waals surface area contributed by atoms with Gasteiger partial charge in [0.05, 0.1) is 26.6 Å². The van der Waals surface area contributed by atoms with Gasteiger partial charge in [-0.15, -0.1) is 0 Å². The number of esters is 1. The van der Waals surface area contributed by atoms with Crippen LogP contribution in [0.1, 0.15) is 21.5 Å². The molecule has 0 fully saturated rings.